The highest BCUT2D eigenvalue weighted by atomic mass is 35.5. The SMILES string of the molecule is CCCCn1nc([S+](C)[O-])c(C(=O)O)c1Cc1cc2c(cc1Cl)OCO2. The Morgan fingerprint density at radius 3 is 2.73 bits per heavy atom. The highest BCUT2D eigenvalue weighted by Crippen LogP contribution is 2.38. The van der Waals surface area contributed by atoms with Crippen molar-refractivity contribution in [2.24, 2.45) is 0 Å². The molecular formula is C17H19ClN2O5S. The quantitative estimate of drug-likeness (QED) is 0.720. The Labute approximate surface area is 159 Å². The molecule has 0 saturated carbocycles. The van der Waals surface area contributed by atoms with E-state index in [9.17, 15) is 14.5 Å². The molecule has 0 saturated heterocycles. The van der Waals surface area contributed by atoms with Gasteiger partial charge in [-0.2, -0.15) is 0 Å². The monoisotopic (exact) mass is 398 g/mol. The molecule has 1 N–H and O–H groups in total. The first kappa shape index (κ1) is 18.9. The summed E-state index contributed by atoms with van der Waals surface area (Å²) in [5.74, 6) is -0.0166. The van der Waals surface area contributed by atoms with Gasteiger partial charge in [0, 0.05) is 35.2 Å². The maximum atomic E-state index is 12.0. The van der Waals surface area contributed by atoms with E-state index in [1.807, 2.05) is 6.92 Å². The number of carboxylic acids is 1. The molecule has 140 valence electrons. The number of benzene rings is 1. The third-order valence-corrected chi connectivity index (χ3v) is 5.32. The number of aromatic nitrogens is 2. The van der Waals surface area contributed by atoms with Gasteiger partial charge in [0.1, 0.15) is 6.26 Å². The predicted octanol–water partition coefficient (Wildman–Crippen LogP) is 3.09. The molecule has 1 aliphatic heterocycles. The second kappa shape index (κ2) is 7.77. The third kappa shape index (κ3) is 3.62. The van der Waals surface area contributed by atoms with Crippen LogP contribution in [0.15, 0.2) is 17.2 Å². The summed E-state index contributed by atoms with van der Waals surface area (Å²) in [5.41, 5.74) is 1.16. The van der Waals surface area contributed by atoms with Crippen molar-refractivity contribution >= 4 is 28.7 Å². The van der Waals surface area contributed by atoms with Crippen LogP contribution in [-0.4, -0.2) is 38.5 Å². The van der Waals surface area contributed by atoms with Gasteiger partial charge in [0.2, 0.25) is 6.79 Å². The Kier molecular flexibility index (Phi) is 5.64. The second-order valence-corrected chi connectivity index (χ2v) is 7.64. The fraction of sp³-hybridized carbons (Fsp3) is 0.412. The molecule has 3 rings (SSSR count). The molecule has 1 atom stereocenters. The molecular weight excluding hydrogens is 380 g/mol. The largest absolute Gasteiger partial charge is 0.610 e. The van der Waals surface area contributed by atoms with E-state index in [-0.39, 0.29) is 23.8 Å². The Bertz CT molecular complexity index is 837. The van der Waals surface area contributed by atoms with Crippen molar-refractivity contribution in [3.8, 4) is 11.5 Å². The number of hydrogen-bond donors (Lipinski definition) is 1. The summed E-state index contributed by atoms with van der Waals surface area (Å²) in [7, 11) is 0. The third-order valence-electron chi connectivity index (χ3n) is 4.13. The van der Waals surface area contributed by atoms with Crippen molar-refractivity contribution < 1.29 is 23.9 Å². The number of nitrogens with zero attached hydrogens (tertiary/aromatic N) is 2. The first-order chi connectivity index (χ1) is 12.4. The maximum absolute atomic E-state index is 12.0. The minimum atomic E-state index is -1.51. The van der Waals surface area contributed by atoms with Crippen LogP contribution in [0.3, 0.4) is 0 Å². The van der Waals surface area contributed by atoms with Crippen LogP contribution in [0.1, 0.15) is 41.4 Å². The first-order valence-corrected chi connectivity index (χ1v) is 10.1. The van der Waals surface area contributed by atoms with E-state index in [4.69, 9.17) is 21.1 Å². The molecule has 7 nitrogen and oxygen atoms in total. The van der Waals surface area contributed by atoms with Gasteiger partial charge in [-0.3, -0.25) is 4.68 Å². The molecule has 2 aromatic rings. The number of aromatic carboxylic acids is 1. The Morgan fingerprint density at radius 2 is 2.12 bits per heavy atom. The van der Waals surface area contributed by atoms with Crippen molar-refractivity contribution in [1.29, 1.82) is 0 Å². The highest BCUT2D eigenvalue weighted by molar-refractivity contribution is 7.90. The number of ether oxygens (including phenoxy) is 2. The minimum Gasteiger partial charge on any atom is -0.610 e. The second-order valence-electron chi connectivity index (χ2n) is 5.94. The number of halogens is 1. The van der Waals surface area contributed by atoms with Gasteiger partial charge < -0.3 is 19.1 Å². The number of rotatable bonds is 7. The molecule has 1 unspecified atom stereocenters. The molecule has 0 bridgehead atoms. The Hall–Kier alpha value is -1.90. The van der Waals surface area contributed by atoms with Crippen molar-refractivity contribution in [2.45, 2.75) is 37.8 Å². The topological polar surface area (TPSA) is 96.6 Å². The molecule has 1 aliphatic rings. The van der Waals surface area contributed by atoms with Crippen molar-refractivity contribution in [1.82, 2.24) is 9.78 Å². The predicted molar refractivity (Wildman–Crippen MR) is 96.8 cm³/mol. The number of unbranched alkanes of at least 4 members (excludes halogenated alkanes) is 1. The van der Waals surface area contributed by atoms with Crippen LogP contribution in [0.4, 0.5) is 0 Å². The van der Waals surface area contributed by atoms with Crippen LogP contribution >= 0.6 is 11.6 Å². The van der Waals surface area contributed by atoms with E-state index in [0.29, 0.717) is 34.3 Å². The zero-order valence-corrected chi connectivity index (χ0v) is 16.0. The Balaban J connectivity index is 2.06. The first-order valence-electron chi connectivity index (χ1n) is 8.16. The number of hydrogen-bond acceptors (Lipinski definition) is 5. The molecule has 0 amide bonds. The lowest BCUT2D eigenvalue weighted by atomic mass is 10.1. The molecule has 0 radical (unpaired) electrons. The molecule has 2 heterocycles. The van der Waals surface area contributed by atoms with Gasteiger partial charge in [-0.15, -0.1) is 5.10 Å². The van der Waals surface area contributed by atoms with Gasteiger partial charge in [0.25, 0.3) is 5.03 Å². The molecule has 1 aromatic carbocycles. The van der Waals surface area contributed by atoms with Gasteiger partial charge in [0.05, 0.1) is 5.69 Å². The van der Waals surface area contributed by atoms with Gasteiger partial charge in [-0.1, -0.05) is 24.9 Å². The number of fused-ring (bicyclic) bond motifs is 1. The number of aryl methyl sites for hydroxylation is 1. The van der Waals surface area contributed by atoms with Crippen LogP contribution in [-0.2, 0) is 24.1 Å². The lowest BCUT2D eigenvalue weighted by Gasteiger charge is -2.10. The summed E-state index contributed by atoms with van der Waals surface area (Å²) in [4.78, 5) is 11.8. The molecule has 1 aromatic heterocycles. The van der Waals surface area contributed by atoms with E-state index in [1.165, 1.54) is 6.26 Å². The van der Waals surface area contributed by atoms with Crippen LogP contribution in [0.2, 0.25) is 5.02 Å². The van der Waals surface area contributed by atoms with Crippen molar-refractivity contribution in [3.05, 3.63) is 34.0 Å². The summed E-state index contributed by atoms with van der Waals surface area (Å²) < 4.78 is 24.3. The Morgan fingerprint density at radius 1 is 1.42 bits per heavy atom. The van der Waals surface area contributed by atoms with Crippen LogP contribution in [0.5, 0.6) is 11.5 Å². The summed E-state index contributed by atoms with van der Waals surface area (Å²) in [6, 6.07) is 3.40. The summed E-state index contributed by atoms with van der Waals surface area (Å²) in [6.45, 7) is 2.71. The van der Waals surface area contributed by atoms with Gasteiger partial charge in [-0.05, 0) is 18.1 Å². The summed E-state index contributed by atoms with van der Waals surface area (Å²) in [6.07, 6.45) is 3.43. The van der Waals surface area contributed by atoms with E-state index < -0.39 is 17.1 Å². The lowest BCUT2D eigenvalue weighted by molar-refractivity contribution is 0.0691. The van der Waals surface area contributed by atoms with Crippen molar-refractivity contribution in [3.63, 3.8) is 0 Å². The minimum absolute atomic E-state index is 0.0179. The molecule has 9 heteroatoms. The van der Waals surface area contributed by atoms with Gasteiger partial charge in [-0.25, -0.2) is 4.79 Å². The zero-order chi connectivity index (χ0) is 18.8. The fourth-order valence-electron chi connectivity index (χ4n) is 2.84. The number of carbonyl (C=O) groups is 1. The van der Waals surface area contributed by atoms with E-state index in [1.54, 1.807) is 16.8 Å². The lowest BCUT2D eigenvalue weighted by Crippen LogP contribution is -2.10. The fourth-order valence-corrected chi connectivity index (χ4v) is 3.76. The summed E-state index contributed by atoms with van der Waals surface area (Å²) in [5, 5.41) is 14.5. The van der Waals surface area contributed by atoms with Crippen LogP contribution in [0, 0.1) is 0 Å². The normalized spacial score (nSPS) is 13.8. The van der Waals surface area contributed by atoms with E-state index in [2.05, 4.69) is 5.10 Å². The van der Waals surface area contributed by atoms with Crippen LogP contribution < -0.4 is 9.47 Å². The van der Waals surface area contributed by atoms with Crippen LogP contribution in [0.25, 0.3) is 0 Å². The zero-order valence-electron chi connectivity index (χ0n) is 14.5. The average molecular weight is 399 g/mol. The van der Waals surface area contributed by atoms with Gasteiger partial charge >= 0.3 is 5.97 Å². The average Bonchev–Trinajstić information content (AvgIpc) is 3.17. The van der Waals surface area contributed by atoms with Crippen molar-refractivity contribution in [2.75, 3.05) is 13.0 Å². The number of carboxylic acid groups (broad SMARTS) is 1. The molecule has 0 spiro atoms. The smallest absolute Gasteiger partial charge is 0.344 e. The maximum Gasteiger partial charge on any atom is 0.344 e. The highest BCUT2D eigenvalue weighted by Gasteiger charge is 2.30. The molecule has 0 fully saturated rings. The molecule has 26 heavy (non-hydrogen) atoms. The summed E-state index contributed by atoms with van der Waals surface area (Å²) >= 11 is 4.83. The van der Waals surface area contributed by atoms with E-state index in [0.717, 1.165) is 12.8 Å². The van der Waals surface area contributed by atoms with Gasteiger partial charge in [0.15, 0.2) is 17.1 Å². The standard InChI is InChI=1S/C17H19ClN2O5S/c1-3-4-5-20-12(15(17(21)22)16(19-20)26(2)23)6-10-7-13-14(8-11(10)18)25-9-24-13/h7-8H,3-6,9H2,1-2H3,(H,21,22). The molecule has 0 aliphatic carbocycles. The van der Waals surface area contributed by atoms with E-state index >= 15 is 0 Å².